The first-order valence-electron chi connectivity index (χ1n) is 6.77. The highest BCUT2D eigenvalue weighted by Gasteiger charge is 2.33. The summed E-state index contributed by atoms with van der Waals surface area (Å²) in [6, 6.07) is 4.23. The first-order valence-corrected chi connectivity index (χ1v) is 8.00. The molecule has 1 saturated carbocycles. The molecule has 0 radical (unpaired) electrons. The van der Waals surface area contributed by atoms with E-state index < -0.39 is 0 Å². The molecule has 4 heteroatoms. The van der Waals surface area contributed by atoms with Crippen LogP contribution in [0.1, 0.15) is 42.5 Å². The zero-order valence-electron chi connectivity index (χ0n) is 11.9. The first-order chi connectivity index (χ1) is 9.10. The fourth-order valence-electron chi connectivity index (χ4n) is 2.82. The Morgan fingerprint density at radius 1 is 1.42 bits per heavy atom. The lowest BCUT2D eigenvalue weighted by Crippen LogP contribution is -2.30. The molecule has 1 aromatic rings. The number of nitrogens with one attached hydrogen (secondary N) is 1. The molecule has 3 nitrogen and oxygen atoms in total. The van der Waals surface area contributed by atoms with Crippen molar-refractivity contribution in [1.82, 2.24) is 4.98 Å². The van der Waals surface area contributed by atoms with E-state index in [-0.39, 0.29) is 0 Å². The Balaban J connectivity index is 2.17. The molecule has 1 N–H and O–H groups in total. The lowest BCUT2D eigenvalue weighted by atomic mass is 10.1. The minimum Gasteiger partial charge on any atom is -0.368 e. The van der Waals surface area contributed by atoms with Crippen LogP contribution >= 0.6 is 11.8 Å². The van der Waals surface area contributed by atoms with Gasteiger partial charge < -0.3 is 5.32 Å². The summed E-state index contributed by atoms with van der Waals surface area (Å²) in [6.45, 7) is 4.84. The van der Waals surface area contributed by atoms with E-state index in [2.05, 4.69) is 22.6 Å². The number of hydrogen-bond donors (Lipinski definition) is 1. The molecule has 0 saturated heterocycles. The third-order valence-corrected chi connectivity index (χ3v) is 5.40. The molecule has 0 spiro atoms. The van der Waals surface area contributed by atoms with E-state index in [9.17, 15) is 5.26 Å². The molecule has 0 amide bonds. The molecule has 1 aliphatic carbocycles. The summed E-state index contributed by atoms with van der Waals surface area (Å²) < 4.78 is 0.325. The van der Waals surface area contributed by atoms with Gasteiger partial charge in [0.15, 0.2) is 0 Å². The van der Waals surface area contributed by atoms with Crippen LogP contribution in [0.3, 0.4) is 0 Å². The van der Waals surface area contributed by atoms with Crippen LogP contribution in [0.2, 0.25) is 0 Å². The van der Waals surface area contributed by atoms with Gasteiger partial charge in [0.1, 0.15) is 11.9 Å². The molecule has 2 rings (SSSR count). The number of aromatic nitrogens is 1. The number of hydrogen-bond acceptors (Lipinski definition) is 4. The van der Waals surface area contributed by atoms with Gasteiger partial charge in [-0.05, 0) is 44.6 Å². The van der Waals surface area contributed by atoms with Crippen molar-refractivity contribution in [2.75, 3.05) is 18.1 Å². The lowest BCUT2D eigenvalue weighted by molar-refractivity contribution is 0.638. The maximum atomic E-state index is 9.27. The summed E-state index contributed by atoms with van der Waals surface area (Å²) in [5.41, 5.74) is 2.64. The van der Waals surface area contributed by atoms with Crippen molar-refractivity contribution in [3.63, 3.8) is 0 Å². The van der Waals surface area contributed by atoms with Crippen LogP contribution in [0.25, 0.3) is 0 Å². The Labute approximate surface area is 119 Å². The number of anilines is 1. The number of aryl methyl sites for hydroxylation is 2. The van der Waals surface area contributed by atoms with Crippen LogP contribution in [0, 0.1) is 25.2 Å². The van der Waals surface area contributed by atoms with Gasteiger partial charge in [0.25, 0.3) is 0 Å². The summed E-state index contributed by atoms with van der Waals surface area (Å²) >= 11 is 1.95. The van der Waals surface area contributed by atoms with Gasteiger partial charge in [0.2, 0.25) is 0 Å². The van der Waals surface area contributed by atoms with E-state index in [1.807, 2.05) is 31.7 Å². The number of rotatable bonds is 4. The zero-order chi connectivity index (χ0) is 13.9. The van der Waals surface area contributed by atoms with Crippen molar-refractivity contribution in [3.8, 4) is 6.07 Å². The largest absolute Gasteiger partial charge is 0.368 e. The van der Waals surface area contributed by atoms with E-state index in [1.54, 1.807) is 0 Å². The Bertz CT molecular complexity index is 499. The van der Waals surface area contributed by atoms with Gasteiger partial charge in [0.05, 0.1) is 5.56 Å². The van der Waals surface area contributed by atoms with Gasteiger partial charge in [-0.1, -0.05) is 12.8 Å². The third-order valence-electron chi connectivity index (χ3n) is 3.98. The number of nitriles is 1. The van der Waals surface area contributed by atoms with Crippen molar-refractivity contribution in [3.05, 3.63) is 22.9 Å². The van der Waals surface area contributed by atoms with Crippen molar-refractivity contribution in [2.45, 2.75) is 44.3 Å². The van der Waals surface area contributed by atoms with E-state index >= 15 is 0 Å². The predicted molar refractivity (Wildman–Crippen MR) is 81.6 cm³/mol. The van der Waals surface area contributed by atoms with Crippen molar-refractivity contribution < 1.29 is 0 Å². The third kappa shape index (κ3) is 3.03. The Morgan fingerprint density at radius 3 is 2.68 bits per heavy atom. The highest BCUT2D eigenvalue weighted by atomic mass is 32.2. The molecule has 0 atom stereocenters. The molecule has 19 heavy (non-hydrogen) atoms. The van der Waals surface area contributed by atoms with Crippen LogP contribution < -0.4 is 5.32 Å². The Kier molecular flexibility index (Phi) is 4.36. The highest BCUT2D eigenvalue weighted by molar-refractivity contribution is 8.00. The van der Waals surface area contributed by atoms with E-state index in [1.165, 1.54) is 25.7 Å². The standard InChI is InChI=1S/C15H21N3S/c1-11-8-12(2)18-14(13(11)9-16)17-10-15(19-3)6-4-5-7-15/h8H,4-7,10H2,1-3H3,(H,17,18). The molecule has 1 aliphatic rings. The van der Waals surface area contributed by atoms with Crippen LogP contribution in [-0.4, -0.2) is 22.5 Å². The molecule has 1 aromatic heterocycles. The van der Waals surface area contributed by atoms with Crippen LogP contribution in [0.15, 0.2) is 6.07 Å². The highest BCUT2D eigenvalue weighted by Crippen LogP contribution is 2.40. The average Bonchev–Trinajstić information content (AvgIpc) is 2.85. The topological polar surface area (TPSA) is 48.7 Å². The van der Waals surface area contributed by atoms with Gasteiger partial charge in [-0.3, -0.25) is 0 Å². The lowest BCUT2D eigenvalue weighted by Gasteiger charge is -2.27. The number of nitrogens with zero attached hydrogens (tertiary/aromatic N) is 2. The summed E-state index contributed by atoms with van der Waals surface area (Å²) in [5, 5.41) is 12.7. The molecule has 1 heterocycles. The smallest absolute Gasteiger partial charge is 0.144 e. The van der Waals surface area contributed by atoms with Gasteiger partial charge >= 0.3 is 0 Å². The maximum absolute atomic E-state index is 9.27. The molecule has 0 aromatic carbocycles. The summed E-state index contributed by atoms with van der Waals surface area (Å²) in [7, 11) is 0. The SMILES string of the molecule is CSC1(CNc2nc(C)cc(C)c2C#N)CCCC1. The fraction of sp³-hybridized carbons (Fsp3) is 0.600. The normalized spacial score (nSPS) is 17.2. The maximum Gasteiger partial charge on any atom is 0.144 e. The van der Waals surface area contributed by atoms with Crippen LogP contribution in [0.5, 0.6) is 0 Å². The minimum atomic E-state index is 0.325. The molecule has 0 aliphatic heterocycles. The van der Waals surface area contributed by atoms with E-state index in [0.717, 1.165) is 23.6 Å². The second-order valence-electron chi connectivity index (χ2n) is 5.36. The average molecular weight is 275 g/mol. The fourth-order valence-corrected chi connectivity index (χ4v) is 3.74. The molecular weight excluding hydrogens is 254 g/mol. The quantitative estimate of drug-likeness (QED) is 0.911. The molecule has 102 valence electrons. The zero-order valence-corrected chi connectivity index (χ0v) is 12.7. The van der Waals surface area contributed by atoms with Crippen molar-refractivity contribution in [1.29, 1.82) is 5.26 Å². The van der Waals surface area contributed by atoms with Gasteiger partial charge in [0, 0.05) is 17.0 Å². The van der Waals surface area contributed by atoms with Crippen molar-refractivity contribution in [2.24, 2.45) is 0 Å². The number of pyridine rings is 1. The molecular formula is C15H21N3S. The summed E-state index contributed by atoms with van der Waals surface area (Å²) in [4.78, 5) is 4.49. The van der Waals surface area contributed by atoms with E-state index in [4.69, 9.17) is 0 Å². The second-order valence-corrected chi connectivity index (χ2v) is 6.64. The van der Waals surface area contributed by atoms with Crippen LogP contribution in [0.4, 0.5) is 5.82 Å². The second kappa shape index (κ2) is 5.83. The minimum absolute atomic E-state index is 0.325. The first kappa shape index (κ1) is 14.2. The predicted octanol–water partition coefficient (Wildman–Crippen LogP) is 3.66. The molecule has 0 bridgehead atoms. The van der Waals surface area contributed by atoms with Gasteiger partial charge in [-0.15, -0.1) is 0 Å². The Hall–Kier alpha value is -1.21. The van der Waals surface area contributed by atoms with Gasteiger partial charge in [-0.2, -0.15) is 17.0 Å². The summed E-state index contributed by atoms with van der Waals surface area (Å²) in [5.74, 6) is 0.750. The van der Waals surface area contributed by atoms with Crippen LogP contribution in [-0.2, 0) is 0 Å². The van der Waals surface area contributed by atoms with Crippen molar-refractivity contribution >= 4 is 17.6 Å². The van der Waals surface area contributed by atoms with Gasteiger partial charge in [-0.25, -0.2) is 4.98 Å². The van der Waals surface area contributed by atoms with E-state index in [0.29, 0.717) is 10.3 Å². The molecule has 0 unspecified atom stereocenters. The molecule has 1 fully saturated rings. The Morgan fingerprint density at radius 2 is 2.11 bits per heavy atom. The monoisotopic (exact) mass is 275 g/mol. The summed E-state index contributed by atoms with van der Waals surface area (Å²) in [6.07, 6.45) is 7.33. The number of thioether (sulfide) groups is 1.